The van der Waals surface area contributed by atoms with E-state index in [4.69, 9.17) is 9.47 Å². The van der Waals surface area contributed by atoms with Gasteiger partial charge in [-0.3, -0.25) is 9.69 Å². The van der Waals surface area contributed by atoms with Gasteiger partial charge in [-0.2, -0.15) is 0 Å². The highest BCUT2D eigenvalue weighted by molar-refractivity contribution is 9.10. The number of rotatable bonds is 7. The molecule has 0 aliphatic heterocycles. The number of ether oxygens (including phenoxy) is 2. The molecule has 1 N–H and O–H groups in total. The number of methoxy groups -OCH3 is 2. The van der Waals surface area contributed by atoms with Gasteiger partial charge in [0.25, 0.3) is 0 Å². The molecule has 2 rings (SSSR count). The maximum Gasteiger partial charge on any atom is 0.239 e. The minimum absolute atomic E-state index is 0.131. The highest BCUT2D eigenvalue weighted by atomic mass is 79.9. The first-order valence-electron chi connectivity index (χ1n) is 7.44. The third-order valence-corrected chi connectivity index (χ3v) is 4.75. The molecule has 0 unspecified atom stereocenters. The molecule has 0 saturated heterocycles. The quantitative estimate of drug-likeness (QED) is 0.665. The Morgan fingerprint density at radius 1 is 1.20 bits per heavy atom. The number of benzene rings is 1. The summed E-state index contributed by atoms with van der Waals surface area (Å²) in [4.78, 5) is 18.2. The molecule has 8 heteroatoms. The average molecular weight is 473 g/mol. The van der Waals surface area contributed by atoms with Crippen molar-refractivity contribution in [1.82, 2.24) is 9.88 Å². The molecule has 1 aromatic heterocycles. The molecule has 1 aromatic carbocycles. The molecule has 0 atom stereocenters. The van der Waals surface area contributed by atoms with Crippen LogP contribution in [0.2, 0.25) is 0 Å². The molecule has 134 valence electrons. The Bertz CT molecular complexity index is 739. The molecule has 25 heavy (non-hydrogen) atoms. The summed E-state index contributed by atoms with van der Waals surface area (Å²) in [5.74, 6) is 1.68. The van der Waals surface area contributed by atoms with Crippen LogP contribution < -0.4 is 14.8 Å². The van der Waals surface area contributed by atoms with Gasteiger partial charge in [0.2, 0.25) is 5.91 Å². The molecule has 6 nitrogen and oxygen atoms in total. The predicted molar refractivity (Wildman–Crippen MR) is 104 cm³/mol. The monoisotopic (exact) mass is 471 g/mol. The van der Waals surface area contributed by atoms with Crippen molar-refractivity contribution in [2.24, 2.45) is 0 Å². The first-order chi connectivity index (χ1) is 11.9. The van der Waals surface area contributed by atoms with Crippen molar-refractivity contribution in [3.05, 3.63) is 45.0 Å². The fourth-order valence-electron chi connectivity index (χ4n) is 2.28. The van der Waals surface area contributed by atoms with Gasteiger partial charge < -0.3 is 14.8 Å². The van der Waals surface area contributed by atoms with Crippen molar-refractivity contribution >= 4 is 43.6 Å². The van der Waals surface area contributed by atoms with E-state index in [1.807, 2.05) is 30.1 Å². The van der Waals surface area contributed by atoms with E-state index in [-0.39, 0.29) is 12.5 Å². The number of halogens is 2. The van der Waals surface area contributed by atoms with E-state index < -0.39 is 0 Å². The number of nitrogens with one attached hydrogen (secondary N) is 1. The van der Waals surface area contributed by atoms with Gasteiger partial charge in [0, 0.05) is 17.2 Å². The summed E-state index contributed by atoms with van der Waals surface area (Å²) >= 11 is 6.85. The molecule has 0 bridgehead atoms. The Morgan fingerprint density at radius 3 is 2.56 bits per heavy atom. The lowest BCUT2D eigenvalue weighted by Gasteiger charge is -2.19. The van der Waals surface area contributed by atoms with Crippen LogP contribution in [-0.4, -0.2) is 43.6 Å². The SMILES string of the molecule is COc1ccc(CN(C)CC(=O)Nc2ccc(Br)cn2)c(Br)c1OC. The Balaban J connectivity index is 1.98. The van der Waals surface area contributed by atoms with Gasteiger partial charge in [0.05, 0.1) is 25.2 Å². The summed E-state index contributed by atoms with van der Waals surface area (Å²) in [7, 11) is 5.06. The number of carbonyl (C=O) groups excluding carboxylic acids is 1. The van der Waals surface area contributed by atoms with Crippen LogP contribution >= 0.6 is 31.9 Å². The summed E-state index contributed by atoms with van der Waals surface area (Å²) < 4.78 is 12.3. The van der Waals surface area contributed by atoms with Gasteiger partial charge in [0.15, 0.2) is 11.5 Å². The third kappa shape index (κ3) is 5.42. The zero-order chi connectivity index (χ0) is 18.4. The predicted octanol–water partition coefficient (Wildman–Crippen LogP) is 3.69. The number of hydrogen-bond acceptors (Lipinski definition) is 5. The molecule has 1 heterocycles. The summed E-state index contributed by atoms with van der Waals surface area (Å²) in [5, 5.41) is 2.77. The number of anilines is 1. The number of amides is 1. The second-order valence-corrected chi connectivity index (χ2v) is 7.06. The second kappa shape index (κ2) is 9.17. The molecular weight excluding hydrogens is 454 g/mol. The van der Waals surface area contributed by atoms with Crippen LogP contribution in [0.25, 0.3) is 0 Å². The van der Waals surface area contributed by atoms with E-state index in [9.17, 15) is 4.79 Å². The van der Waals surface area contributed by atoms with Crippen LogP contribution in [0.4, 0.5) is 5.82 Å². The first-order valence-corrected chi connectivity index (χ1v) is 9.02. The zero-order valence-electron chi connectivity index (χ0n) is 14.2. The number of hydrogen-bond donors (Lipinski definition) is 1. The normalized spacial score (nSPS) is 10.6. The van der Waals surface area contributed by atoms with Crippen molar-refractivity contribution in [2.75, 3.05) is 33.1 Å². The maximum atomic E-state index is 12.1. The number of carbonyl (C=O) groups is 1. The fourth-order valence-corrected chi connectivity index (χ4v) is 3.13. The average Bonchev–Trinajstić information content (AvgIpc) is 2.58. The van der Waals surface area contributed by atoms with Crippen molar-refractivity contribution in [3.63, 3.8) is 0 Å². The Morgan fingerprint density at radius 2 is 1.96 bits per heavy atom. The number of aromatic nitrogens is 1. The van der Waals surface area contributed by atoms with Crippen LogP contribution in [0.5, 0.6) is 11.5 Å². The van der Waals surface area contributed by atoms with Gasteiger partial charge in [-0.05, 0) is 62.7 Å². The van der Waals surface area contributed by atoms with Crippen molar-refractivity contribution < 1.29 is 14.3 Å². The Hall–Kier alpha value is -1.64. The minimum Gasteiger partial charge on any atom is -0.493 e. The third-order valence-electron chi connectivity index (χ3n) is 3.41. The molecule has 0 aliphatic rings. The number of likely N-dealkylation sites (N-methyl/N-ethyl adjacent to an activating group) is 1. The highest BCUT2D eigenvalue weighted by Gasteiger charge is 2.15. The molecule has 0 fully saturated rings. The van der Waals surface area contributed by atoms with E-state index in [1.54, 1.807) is 26.5 Å². The highest BCUT2D eigenvalue weighted by Crippen LogP contribution is 2.37. The maximum absolute atomic E-state index is 12.1. The van der Waals surface area contributed by atoms with Crippen LogP contribution in [-0.2, 0) is 11.3 Å². The van der Waals surface area contributed by atoms with Crippen molar-refractivity contribution in [2.45, 2.75) is 6.54 Å². The molecule has 0 spiro atoms. The van der Waals surface area contributed by atoms with E-state index in [1.165, 1.54) is 0 Å². The second-order valence-electron chi connectivity index (χ2n) is 5.36. The lowest BCUT2D eigenvalue weighted by Crippen LogP contribution is -2.30. The number of nitrogens with zero attached hydrogens (tertiary/aromatic N) is 2. The molecule has 2 aromatic rings. The topological polar surface area (TPSA) is 63.7 Å². The van der Waals surface area contributed by atoms with Crippen molar-refractivity contribution in [1.29, 1.82) is 0 Å². The molecule has 0 radical (unpaired) electrons. The zero-order valence-corrected chi connectivity index (χ0v) is 17.3. The van der Waals surface area contributed by atoms with Crippen LogP contribution in [0.15, 0.2) is 39.4 Å². The molecular formula is C17H19Br2N3O3. The number of pyridine rings is 1. The lowest BCUT2D eigenvalue weighted by atomic mass is 10.2. The first kappa shape index (κ1) is 19.7. The summed E-state index contributed by atoms with van der Waals surface area (Å²) in [5.41, 5.74) is 0.995. The van der Waals surface area contributed by atoms with E-state index in [2.05, 4.69) is 42.2 Å². The van der Waals surface area contributed by atoms with Crippen LogP contribution in [0.1, 0.15) is 5.56 Å². The van der Waals surface area contributed by atoms with Gasteiger partial charge in [-0.15, -0.1) is 0 Å². The Labute approximate surface area is 163 Å². The fraction of sp³-hybridized carbons (Fsp3) is 0.294. The van der Waals surface area contributed by atoms with Gasteiger partial charge in [-0.1, -0.05) is 6.07 Å². The minimum atomic E-state index is -0.131. The van der Waals surface area contributed by atoms with Crippen LogP contribution in [0.3, 0.4) is 0 Å². The standard InChI is InChI=1S/C17H19Br2N3O3/c1-22(10-15(23)21-14-7-5-12(18)8-20-14)9-11-4-6-13(24-2)17(25-3)16(11)19/h4-8H,9-10H2,1-3H3,(H,20,21,23). The molecule has 0 aliphatic carbocycles. The summed E-state index contributed by atoms with van der Waals surface area (Å²) in [6.07, 6.45) is 1.64. The summed E-state index contributed by atoms with van der Waals surface area (Å²) in [6, 6.07) is 7.36. The van der Waals surface area contributed by atoms with Gasteiger partial charge in [0.1, 0.15) is 5.82 Å². The largest absolute Gasteiger partial charge is 0.493 e. The summed E-state index contributed by atoms with van der Waals surface area (Å²) in [6.45, 7) is 0.806. The lowest BCUT2D eigenvalue weighted by molar-refractivity contribution is -0.117. The van der Waals surface area contributed by atoms with Crippen molar-refractivity contribution in [3.8, 4) is 11.5 Å². The van der Waals surface area contributed by atoms with E-state index in [0.717, 1.165) is 14.5 Å². The Kier molecular flexibility index (Phi) is 7.22. The van der Waals surface area contributed by atoms with E-state index in [0.29, 0.717) is 23.9 Å². The molecule has 0 saturated carbocycles. The van der Waals surface area contributed by atoms with Crippen LogP contribution in [0, 0.1) is 0 Å². The van der Waals surface area contributed by atoms with E-state index >= 15 is 0 Å². The van der Waals surface area contributed by atoms with Gasteiger partial charge >= 0.3 is 0 Å². The van der Waals surface area contributed by atoms with Gasteiger partial charge in [-0.25, -0.2) is 4.98 Å². The molecule has 1 amide bonds. The smallest absolute Gasteiger partial charge is 0.239 e.